The number of benzene rings is 1. The van der Waals surface area contributed by atoms with Crippen LogP contribution in [0.3, 0.4) is 0 Å². The van der Waals surface area contributed by atoms with Crippen LogP contribution in [0.5, 0.6) is 0 Å². The minimum atomic E-state index is -0.120. The van der Waals surface area contributed by atoms with Crippen molar-refractivity contribution in [3.63, 3.8) is 0 Å². The smallest absolute Gasteiger partial charge is 0.136 e. The van der Waals surface area contributed by atoms with E-state index in [-0.39, 0.29) is 5.41 Å². The standard InChI is InChI=1S/C18H22N4O/c1-18(2,3)17-21-14(11-23-4)10-16(22-17)20-13-5-6-15-12(9-13)7-8-19-15/h5-10,19H,11H2,1-4H3,(H,20,21,22). The molecule has 0 bridgehead atoms. The molecular weight excluding hydrogens is 288 g/mol. The summed E-state index contributed by atoms with van der Waals surface area (Å²) in [6.07, 6.45) is 1.94. The number of aromatic nitrogens is 3. The van der Waals surface area contributed by atoms with Gasteiger partial charge in [-0.2, -0.15) is 0 Å². The van der Waals surface area contributed by atoms with Crippen molar-refractivity contribution in [1.29, 1.82) is 0 Å². The van der Waals surface area contributed by atoms with Crippen LogP contribution in [-0.2, 0) is 16.8 Å². The molecule has 2 heterocycles. The Hall–Kier alpha value is -2.40. The highest BCUT2D eigenvalue weighted by Gasteiger charge is 2.19. The largest absolute Gasteiger partial charge is 0.378 e. The number of hydrogen-bond donors (Lipinski definition) is 2. The average Bonchev–Trinajstić information content (AvgIpc) is 2.94. The molecule has 0 amide bonds. The fourth-order valence-electron chi connectivity index (χ4n) is 2.40. The molecule has 0 unspecified atom stereocenters. The van der Waals surface area contributed by atoms with Crippen molar-refractivity contribution in [2.45, 2.75) is 32.8 Å². The third-order valence-corrected chi connectivity index (χ3v) is 3.57. The van der Waals surface area contributed by atoms with Crippen LogP contribution < -0.4 is 5.32 Å². The molecule has 23 heavy (non-hydrogen) atoms. The van der Waals surface area contributed by atoms with E-state index >= 15 is 0 Å². The van der Waals surface area contributed by atoms with Gasteiger partial charge in [-0.15, -0.1) is 0 Å². The summed E-state index contributed by atoms with van der Waals surface area (Å²) in [4.78, 5) is 12.5. The molecule has 0 aliphatic carbocycles. The molecule has 0 saturated carbocycles. The van der Waals surface area contributed by atoms with Crippen LogP contribution in [0.4, 0.5) is 11.5 Å². The Kier molecular flexibility index (Phi) is 4.05. The van der Waals surface area contributed by atoms with Gasteiger partial charge in [-0.3, -0.25) is 0 Å². The SMILES string of the molecule is COCc1cc(Nc2ccc3[nH]ccc3c2)nc(C(C)(C)C)n1. The van der Waals surface area contributed by atoms with Crippen LogP contribution in [-0.4, -0.2) is 22.1 Å². The van der Waals surface area contributed by atoms with Crippen molar-refractivity contribution in [3.05, 3.63) is 48.0 Å². The number of hydrogen-bond acceptors (Lipinski definition) is 4. The molecule has 0 aliphatic heterocycles. The highest BCUT2D eigenvalue weighted by molar-refractivity contribution is 5.83. The van der Waals surface area contributed by atoms with Crippen molar-refractivity contribution in [3.8, 4) is 0 Å². The lowest BCUT2D eigenvalue weighted by Gasteiger charge is -2.19. The molecule has 5 nitrogen and oxygen atoms in total. The van der Waals surface area contributed by atoms with E-state index in [0.29, 0.717) is 6.61 Å². The van der Waals surface area contributed by atoms with Crippen LogP contribution >= 0.6 is 0 Å². The summed E-state index contributed by atoms with van der Waals surface area (Å²) in [6, 6.07) is 10.2. The van der Waals surface area contributed by atoms with Crippen molar-refractivity contribution in [2.24, 2.45) is 0 Å². The van der Waals surface area contributed by atoms with Gasteiger partial charge in [0.05, 0.1) is 12.3 Å². The predicted octanol–water partition coefficient (Wildman–Crippen LogP) is 4.15. The topological polar surface area (TPSA) is 62.8 Å². The Morgan fingerprint density at radius 1 is 1.13 bits per heavy atom. The maximum absolute atomic E-state index is 5.23. The van der Waals surface area contributed by atoms with Gasteiger partial charge in [-0.1, -0.05) is 20.8 Å². The van der Waals surface area contributed by atoms with E-state index in [2.05, 4.69) is 59.2 Å². The maximum atomic E-state index is 5.23. The van der Waals surface area contributed by atoms with Gasteiger partial charge in [0.25, 0.3) is 0 Å². The van der Waals surface area contributed by atoms with Gasteiger partial charge in [0.2, 0.25) is 0 Å². The van der Waals surface area contributed by atoms with Gasteiger partial charge in [0.1, 0.15) is 11.6 Å². The summed E-state index contributed by atoms with van der Waals surface area (Å²) < 4.78 is 5.23. The summed E-state index contributed by atoms with van der Waals surface area (Å²) in [5, 5.41) is 4.54. The highest BCUT2D eigenvalue weighted by Crippen LogP contribution is 2.24. The van der Waals surface area contributed by atoms with Gasteiger partial charge in [-0.05, 0) is 24.3 Å². The van der Waals surface area contributed by atoms with E-state index in [1.807, 2.05) is 18.3 Å². The first-order valence-electron chi connectivity index (χ1n) is 7.67. The monoisotopic (exact) mass is 310 g/mol. The van der Waals surface area contributed by atoms with E-state index in [1.54, 1.807) is 7.11 Å². The van der Waals surface area contributed by atoms with Gasteiger partial charge >= 0.3 is 0 Å². The minimum Gasteiger partial charge on any atom is -0.378 e. The molecule has 1 aromatic carbocycles. The molecule has 120 valence electrons. The third-order valence-electron chi connectivity index (χ3n) is 3.57. The summed E-state index contributed by atoms with van der Waals surface area (Å²) in [5.41, 5.74) is 2.87. The first-order valence-corrected chi connectivity index (χ1v) is 7.67. The predicted molar refractivity (Wildman–Crippen MR) is 93.0 cm³/mol. The maximum Gasteiger partial charge on any atom is 0.136 e. The lowest BCUT2D eigenvalue weighted by atomic mass is 9.95. The zero-order chi connectivity index (χ0) is 16.4. The van der Waals surface area contributed by atoms with Crippen LogP contribution in [0.1, 0.15) is 32.3 Å². The molecule has 2 aromatic heterocycles. The second-order valence-electron chi connectivity index (χ2n) is 6.66. The van der Waals surface area contributed by atoms with Crippen molar-refractivity contribution in [2.75, 3.05) is 12.4 Å². The van der Waals surface area contributed by atoms with Gasteiger partial charge in [-0.25, -0.2) is 9.97 Å². The number of rotatable bonds is 4. The van der Waals surface area contributed by atoms with Crippen molar-refractivity contribution in [1.82, 2.24) is 15.0 Å². The number of anilines is 2. The van der Waals surface area contributed by atoms with Crippen molar-refractivity contribution < 1.29 is 4.74 Å². The normalized spacial score (nSPS) is 11.8. The van der Waals surface area contributed by atoms with Crippen LogP contribution in [0.15, 0.2) is 36.5 Å². The molecule has 0 atom stereocenters. The quantitative estimate of drug-likeness (QED) is 0.760. The van der Waals surface area contributed by atoms with Gasteiger partial charge in [0.15, 0.2) is 0 Å². The second kappa shape index (κ2) is 6.01. The van der Waals surface area contributed by atoms with E-state index < -0.39 is 0 Å². The minimum absolute atomic E-state index is 0.120. The molecule has 3 rings (SSSR count). The Morgan fingerprint density at radius 2 is 1.96 bits per heavy atom. The molecule has 5 heteroatoms. The van der Waals surface area contributed by atoms with E-state index in [9.17, 15) is 0 Å². The van der Waals surface area contributed by atoms with Crippen molar-refractivity contribution >= 4 is 22.4 Å². The van der Waals surface area contributed by atoms with E-state index in [4.69, 9.17) is 4.74 Å². The Morgan fingerprint density at radius 3 is 2.70 bits per heavy atom. The fourth-order valence-corrected chi connectivity index (χ4v) is 2.40. The molecule has 2 N–H and O–H groups in total. The average molecular weight is 310 g/mol. The van der Waals surface area contributed by atoms with Crippen LogP contribution in [0.25, 0.3) is 10.9 Å². The lowest BCUT2D eigenvalue weighted by molar-refractivity contribution is 0.181. The zero-order valence-corrected chi connectivity index (χ0v) is 14.0. The van der Waals surface area contributed by atoms with Crippen LogP contribution in [0.2, 0.25) is 0 Å². The lowest BCUT2D eigenvalue weighted by Crippen LogP contribution is -2.18. The number of H-pyrrole nitrogens is 1. The Balaban J connectivity index is 1.95. The molecule has 0 saturated heterocycles. The number of fused-ring (bicyclic) bond motifs is 1. The van der Waals surface area contributed by atoms with E-state index in [1.165, 1.54) is 0 Å². The molecule has 0 spiro atoms. The Bertz CT molecular complexity index is 817. The second-order valence-corrected chi connectivity index (χ2v) is 6.66. The van der Waals surface area contributed by atoms with Gasteiger partial charge in [0, 0.05) is 41.4 Å². The first-order chi connectivity index (χ1) is 11.0. The molecule has 3 aromatic rings. The number of ether oxygens (including phenoxy) is 1. The Labute approximate surface area is 136 Å². The van der Waals surface area contributed by atoms with Gasteiger partial charge < -0.3 is 15.0 Å². The summed E-state index contributed by atoms with van der Waals surface area (Å²) in [7, 11) is 1.67. The number of methoxy groups -OCH3 is 1. The van der Waals surface area contributed by atoms with E-state index in [0.717, 1.165) is 33.9 Å². The van der Waals surface area contributed by atoms with Crippen LogP contribution in [0, 0.1) is 0 Å². The highest BCUT2D eigenvalue weighted by atomic mass is 16.5. The molecule has 0 radical (unpaired) electrons. The molecule has 0 fully saturated rings. The third kappa shape index (κ3) is 3.51. The molecular formula is C18H22N4O. The fraction of sp³-hybridized carbons (Fsp3) is 0.333. The summed E-state index contributed by atoms with van der Waals surface area (Å²) in [6.45, 7) is 6.79. The molecule has 0 aliphatic rings. The number of nitrogens with zero attached hydrogens (tertiary/aromatic N) is 2. The number of nitrogens with one attached hydrogen (secondary N) is 2. The first kappa shape index (κ1) is 15.5. The summed E-state index contributed by atoms with van der Waals surface area (Å²) in [5.74, 6) is 1.59. The summed E-state index contributed by atoms with van der Waals surface area (Å²) >= 11 is 0. The number of aromatic amines is 1. The zero-order valence-electron chi connectivity index (χ0n) is 14.0.